The molecule has 2 unspecified atom stereocenters. The topological polar surface area (TPSA) is 55.8 Å². The third kappa shape index (κ3) is 3.57. The van der Waals surface area contributed by atoms with Gasteiger partial charge in [-0.1, -0.05) is 12.8 Å². The van der Waals surface area contributed by atoms with E-state index in [9.17, 15) is 9.59 Å². The molecular weight excluding hydrogens is 330 g/mol. The van der Waals surface area contributed by atoms with E-state index in [1.807, 2.05) is 0 Å². The number of benzene rings is 1. The number of amides is 1. The number of nitrogens with zero attached hydrogens (tertiary/aromatic N) is 1. The van der Waals surface area contributed by atoms with Gasteiger partial charge in [0.1, 0.15) is 13.2 Å². The Morgan fingerprint density at radius 1 is 0.962 bits per heavy atom. The Morgan fingerprint density at radius 3 is 2.62 bits per heavy atom. The van der Waals surface area contributed by atoms with Crippen molar-refractivity contribution in [2.75, 3.05) is 19.8 Å². The third-order valence-electron chi connectivity index (χ3n) is 5.99. The lowest BCUT2D eigenvalue weighted by molar-refractivity contribution is -0.137. The normalized spacial score (nSPS) is 24.7. The van der Waals surface area contributed by atoms with Crippen LogP contribution in [0.25, 0.3) is 0 Å². The molecular formula is C21H27NO4. The van der Waals surface area contributed by atoms with Gasteiger partial charge in [-0.25, -0.2) is 0 Å². The molecule has 5 nitrogen and oxygen atoms in total. The Balaban J connectivity index is 1.35. The highest BCUT2D eigenvalue weighted by atomic mass is 16.6. The van der Waals surface area contributed by atoms with E-state index in [1.54, 1.807) is 18.2 Å². The summed E-state index contributed by atoms with van der Waals surface area (Å²) in [4.78, 5) is 27.4. The molecule has 26 heavy (non-hydrogen) atoms. The fourth-order valence-electron chi connectivity index (χ4n) is 4.66. The minimum Gasteiger partial charge on any atom is -0.486 e. The van der Waals surface area contributed by atoms with Gasteiger partial charge >= 0.3 is 0 Å². The fourth-order valence-corrected chi connectivity index (χ4v) is 4.66. The zero-order valence-electron chi connectivity index (χ0n) is 15.2. The van der Waals surface area contributed by atoms with E-state index in [4.69, 9.17) is 9.47 Å². The first kappa shape index (κ1) is 17.4. The van der Waals surface area contributed by atoms with Crippen molar-refractivity contribution >= 4 is 11.7 Å². The number of hydrogen-bond acceptors (Lipinski definition) is 4. The van der Waals surface area contributed by atoms with Crippen LogP contribution in [0.4, 0.5) is 0 Å². The van der Waals surface area contributed by atoms with Crippen LogP contribution in [-0.2, 0) is 4.79 Å². The lowest BCUT2D eigenvalue weighted by Crippen LogP contribution is -2.49. The maximum atomic E-state index is 12.8. The van der Waals surface area contributed by atoms with Crippen LogP contribution in [0.5, 0.6) is 11.5 Å². The van der Waals surface area contributed by atoms with Crippen molar-refractivity contribution in [3.63, 3.8) is 0 Å². The number of ketones is 1. The van der Waals surface area contributed by atoms with Crippen molar-refractivity contribution in [2.45, 2.75) is 57.4 Å². The van der Waals surface area contributed by atoms with Crippen LogP contribution < -0.4 is 9.47 Å². The summed E-state index contributed by atoms with van der Waals surface area (Å²) in [6.45, 7) is 1.89. The standard InChI is InChI=1S/C21H27NO4/c23-18(16-7-9-19-20(14-16)26-13-12-25-19)8-10-21(24)22-11-3-5-15-4-1-2-6-17(15)22/h7,9,14-15,17H,1-6,8,10-13H2. The number of piperidine rings is 1. The number of fused-ring (bicyclic) bond motifs is 2. The second-order valence-corrected chi connectivity index (χ2v) is 7.62. The van der Waals surface area contributed by atoms with E-state index in [2.05, 4.69) is 4.90 Å². The van der Waals surface area contributed by atoms with Crippen molar-refractivity contribution in [3.05, 3.63) is 23.8 Å². The molecule has 5 heteroatoms. The van der Waals surface area contributed by atoms with Crippen molar-refractivity contribution in [1.82, 2.24) is 4.90 Å². The first-order chi connectivity index (χ1) is 12.7. The monoisotopic (exact) mass is 357 g/mol. The predicted octanol–water partition coefficient (Wildman–Crippen LogP) is 3.60. The average molecular weight is 357 g/mol. The van der Waals surface area contributed by atoms with Crippen LogP contribution in [0.3, 0.4) is 0 Å². The van der Waals surface area contributed by atoms with Crippen LogP contribution in [-0.4, -0.2) is 42.4 Å². The quantitative estimate of drug-likeness (QED) is 0.773. The zero-order valence-corrected chi connectivity index (χ0v) is 15.2. The SMILES string of the molecule is O=C(CCC(=O)N1CCCC2CCCCC21)c1ccc2c(c1)OCCO2. The number of rotatable bonds is 4. The third-order valence-corrected chi connectivity index (χ3v) is 5.99. The second kappa shape index (κ2) is 7.68. The molecule has 0 radical (unpaired) electrons. The largest absolute Gasteiger partial charge is 0.486 e. The van der Waals surface area contributed by atoms with E-state index in [0.717, 1.165) is 19.4 Å². The maximum absolute atomic E-state index is 12.8. The molecule has 1 aromatic rings. The molecule has 0 N–H and O–H groups in total. The number of hydrogen-bond donors (Lipinski definition) is 0. The second-order valence-electron chi connectivity index (χ2n) is 7.62. The number of ether oxygens (including phenoxy) is 2. The molecule has 0 aromatic heterocycles. The van der Waals surface area contributed by atoms with Gasteiger partial charge in [0.15, 0.2) is 17.3 Å². The van der Waals surface area contributed by atoms with Crippen molar-refractivity contribution in [2.24, 2.45) is 5.92 Å². The minimum absolute atomic E-state index is 0.00692. The number of likely N-dealkylation sites (tertiary alicyclic amines) is 1. The Hall–Kier alpha value is -2.04. The van der Waals surface area contributed by atoms with E-state index >= 15 is 0 Å². The van der Waals surface area contributed by atoms with Gasteiger partial charge in [-0.15, -0.1) is 0 Å². The first-order valence-corrected chi connectivity index (χ1v) is 9.95. The summed E-state index contributed by atoms with van der Waals surface area (Å²) in [5.41, 5.74) is 0.594. The van der Waals surface area contributed by atoms with Gasteiger partial charge in [-0.05, 0) is 49.8 Å². The smallest absolute Gasteiger partial charge is 0.223 e. The van der Waals surface area contributed by atoms with E-state index in [0.29, 0.717) is 48.7 Å². The predicted molar refractivity (Wildman–Crippen MR) is 97.7 cm³/mol. The molecule has 1 aliphatic carbocycles. The molecule has 2 heterocycles. The summed E-state index contributed by atoms with van der Waals surface area (Å²) in [5, 5.41) is 0. The van der Waals surface area contributed by atoms with Gasteiger partial charge in [0, 0.05) is 31.0 Å². The maximum Gasteiger partial charge on any atom is 0.223 e. The van der Waals surface area contributed by atoms with Crippen molar-refractivity contribution in [1.29, 1.82) is 0 Å². The van der Waals surface area contributed by atoms with Crippen LogP contribution in [0.2, 0.25) is 0 Å². The molecule has 1 saturated heterocycles. The van der Waals surface area contributed by atoms with Crippen LogP contribution in [0.1, 0.15) is 61.7 Å². The van der Waals surface area contributed by atoms with Gasteiger partial charge in [0.2, 0.25) is 5.91 Å². The molecule has 1 amide bonds. The fraction of sp³-hybridized carbons (Fsp3) is 0.619. The molecule has 2 aliphatic heterocycles. The van der Waals surface area contributed by atoms with Crippen LogP contribution in [0, 0.1) is 5.92 Å². The number of carbonyl (C=O) groups is 2. The highest BCUT2D eigenvalue weighted by Crippen LogP contribution is 2.36. The van der Waals surface area contributed by atoms with Gasteiger partial charge < -0.3 is 14.4 Å². The Morgan fingerprint density at radius 2 is 1.73 bits per heavy atom. The van der Waals surface area contributed by atoms with Gasteiger partial charge in [-0.3, -0.25) is 9.59 Å². The molecule has 2 atom stereocenters. The minimum atomic E-state index is -0.00692. The van der Waals surface area contributed by atoms with Gasteiger partial charge in [0.05, 0.1) is 0 Å². The molecule has 3 aliphatic rings. The van der Waals surface area contributed by atoms with Crippen LogP contribution in [0.15, 0.2) is 18.2 Å². The molecule has 1 aromatic carbocycles. The zero-order chi connectivity index (χ0) is 17.9. The summed E-state index contributed by atoms with van der Waals surface area (Å²) in [6.07, 6.45) is 7.82. The highest BCUT2D eigenvalue weighted by molar-refractivity contribution is 5.98. The molecule has 2 fully saturated rings. The van der Waals surface area contributed by atoms with Crippen LogP contribution >= 0.6 is 0 Å². The molecule has 0 bridgehead atoms. The van der Waals surface area contributed by atoms with Crippen molar-refractivity contribution < 1.29 is 19.1 Å². The van der Waals surface area contributed by atoms with Gasteiger partial charge in [-0.2, -0.15) is 0 Å². The summed E-state index contributed by atoms with van der Waals surface area (Å²) in [5.74, 6) is 2.12. The first-order valence-electron chi connectivity index (χ1n) is 9.95. The van der Waals surface area contributed by atoms with Gasteiger partial charge in [0.25, 0.3) is 0 Å². The Kier molecular flexibility index (Phi) is 5.14. The lowest BCUT2D eigenvalue weighted by Gasteiger charge is -2.44. The number of carbonyl (C=O) groups excluding carboxylic acids is 2. The molecule has 140 valence electrons. The summed E-state index contributed by atoms with van der Waals surface area (Å²) in [6, 6.07) is 5.69. The average Bonchev–Trinajstić information content (AvgIpc) is 2.71. The highest BCUT2D eigenvalue weighted by Gasteiger charge is 2.35. The Labute approximate surface area is 154 Å². The van der Waals surface area contributed by atoms with Crippen molar-refractivity contribution in [3.8, 4) is 11.5 Å². The number of Topliss-reactive ketones (excluding diaryl/α,β-unsaturated/α-hetero) is 1. The molecule has 1 saturated carbocycles. The summed E-state index contributed by atoms with van der Waals surface area (Å²) in [7, 11) is 0. The summed E-state index contributed by atoms with van der Waals surface area (Å²) >= 11 is 0. The Bertz CT molecular complexity index is 685. The molecule has 4 rings (SSSR count). The van der Waals surface area contributed by atoms with E-state index in [-0.39, 0.29) is 18.1 Å². The summed E-state index contributed by atoms with van der Waals surface area (Å²) < 4.78 is 11.0. The lowest BCUT2D eigenvalue weighted by atomic mass is 9.78. The van der Waals surface area contributed by atoms with E-state index < -0.39 is 0 Å². The molecule has 0 spiro atoms. The van der Waals surface area contributed by atoms with E-state index in [1.165, 1.54) is 25.7 Å².